The second-order valence-corrected chi connectivity index (χ2v) is 9.49. The molecule has 0 saturated carbocycles. The lowest BCUT2D eigenvalue weighted by Crippen LogP contribution is -2.50. The van der Waals surface area contributed by atoms with Gasteiger partial charge in [0.05, 0.1) is 6.54 Å². The number of carbonyl (C=O) groups is 3. The molecule has 1 aliphatic carbocycles. The first-order valence-electron chi connectivity index (χ1n) is 12.0. The third kappa shape index (κ3) is 4.47. The molecule has 36 heavy (non-hydrogen) atoms. The van der Waals surface area contributed by atoms with Crippen molar-refractivity contribution in [2.45, 2.75) is 6.54 Å². The molecule has 188 valence electrons. The van der Waals surface area contributed by atoms with Crippen LogP contribution in [0.25, 0.3) is 0 Å². The van der Waals surface area contributed by atoms with Crippen molar-refractivity contribution >= 4 is 17.5 Å². The first kappa shape index (κ1) is 24.0. The average Bonchev–Trinajstić information content (AvgIpc) is 3.34. The van der Waals surface area contributed by atoms with Crippen LogP contribution in [-0.2, 0) is 11.3 Å². The van der Waals surface area contributed by atoms with Gasteiger partial charge in [-0.2, -0.15) is 0 Å². The van der Waals surface area contributed by atoms with Crippen molar-refractivity contribution in [2.75, 3.05) is 60.7 Å². The Hall–Kier alpha value is -3.69. The molecular weight excluding hydrogens is 460 g/mol. The first-order valence-corrected chi connectivity index (χ1v) is 12.0. The van der Waals surface area contributed by atoms with E-state index in [2.05, 4.69) is 15.9 Å². The Morgan fingerprint density at radius 1 is 0.833 bits per heavy atom. The van der Waals surface area contributed by atoms with Gasteiger partial charge in [0.2, 0.25) is 24.3 Å². The molecule has 1 amide bonds. The van der Waals surface area contributed by atoms with Crippen LogP contribution in [0, 0.1) is 0 Å². The van der Waals surface area contributed by atoms with Crippen molar-refractivity contribution in [3.63, 3.8) is 0 Å². The number of ether oxygens (including phenoxy) is 2. The van der Waals surface area contributed by atoms with Crippen molar-refractivity contribution in [3.8, 4) is 11.5 Å². The average molecular weight is 491 g/mol. The summed E-state index contributed by atoms with van der Waals surface area (Å²) < 4.78 is 10.9. The van der Waals surface area contributed by atoms with Gasteiger partial charge in [-0.3, -0.25) is 24.2 Å². The molecular formula is C27H30N4O5. The van der Waals surface area contributed by atoms with Crippen LogP contribution in [0.5, 0.6) is 11.5 Å². The topological polar surface area (TPSA) is 82.6 Å². The number of fused-ring (bicyclic) bond motifs is 2. The number of carbonyl (C=O) groups excluding carboxylic acids is 3. The van der Waals surface area contributed by atoms with Crippen LogP contribution in [-0.4, -0.2) is 97.7 Å². The number of allylic oxidation sites excluding steroid dienone is 2. The molecule has 5 rings (SSSR count). The highest BCUT2D eigenvalue weighted by atomic mass is 16.7. The molecule has 0 N–H and O–H groups in total. The van der Waals surface area contributed by atoms with E-state index in [1.807, 2.05) is 12.1 Å². The lowest BCUT2D eigenvalue weighted by Gasteiger charge is -2.36. The molecule has 1 fully saturated rings. The summed E-state index contributed by atoms with van der Waals surface area (Å²) in [6, 6.07) is 12.8. The van der Waals surface area contributed by atoms with E-state index < -0.39 is 0 Å². The molecule has 0 bridgehead atoms. The van der Waals surface area contributed by atoms with Crippen LogP contribution in [0.3, 0.4) is 0 Å². The summed E-state index contributed by atoms with van der Waals surface area (Å²) in [5.74, 6) is 0.791. The SMILES string of the molecule is CN(C)C1=C(N(C)C(=O)CN2CCN(Cc3ccc4c(c3)OCO4)CC2)C(=O)c2ccccc2C1=O. The summed E-state index contributed by atoms with van der Waals surface area (Å²) in [5.41, 5.74) is 2.24. The standard InChI is InChI=1S/C27H30N4O5/c1-28(2)24-25(27(34)20-7-5-4-6-19(20)26(24)33)29(3)23(32)16-31-12-10-30(11-13-31)15-18-8-9-21-22(14-18)36-17-35-21/h4-9,14H,10-13,15-17H2,1-3H3. The summed E-state index contributed by atoms with van der Waals surface area (Å²) in [6.07, 6.45) is 0. The van der Waals surface area contributed by atoms with Gasteiger partial charge < -0.3 is 19.3 Å². The molecule has 2 aliphatic heterocycles. The van der Waals surface area contributed by atoms with Crippen molar-refractivity contribution in [1.29, 1.82) is 0 Å². The van der Waals surface area contributed by atoms with E-state index in [1.54, 1.807) is 50.3 Å². The Morgan fingerprint density at radius 3 is 2.11 bits per heavy atom. The van der Waals surface area contributed by atoms with Crippen LogP contribution in [0.1, 0.15) is 26.3 Å². The summed E-state index contributed by atoms with van der Waals surface area (Å²) >= 11 is 0. The van der Waals surface area contributed by atoms with Crippen LogP contribution >= 0.6 is 0 Å². The minimum Gasteiger partial charge on any atom is -0.454 e. The molecule has 9 nitrogen and oxygen atoms in total. The fourth-order valence-electron chi connectivity index (χ4n) is 4.90. The van der Waals surface area contributed by atoms with Crippen molar-refractivity contribution < 1.29 is 23.9 Å². The van der Waals surface area contributed by atoms with Gasteiger partial charge in [0, 0.05) is 65.0 Å². The number of likely N-dealkylation sites (N-methyl/N-ethyl adjacent to an activating group) is 2. The number of piperazine rings is 1. The van der Waals surface area contributed by atoms with E-state index in [0.717, 1.165) is 49.8 Å². The third-order valence-electron chi connectivity index (χ3n) is 6.89. The number of Topliss-reactive ketones (excluding diaryl/α,β-unsaturated/α-hetero) is 2. The molecule has 3 aliphatic rings. The summed E-state index contributed by atoms with van der Waals surface area (Å²) in [6.45, 7) is 4.36. The van der Waals surface area contributed by atoms with Gasteiger partial charge in [0.25, 0.3) is 0 Å². The zero-order chi connectivity index (χ0) is 25.4. The molecule has 2 heterocycles. The maximum atomic E-state index is 13.3. The lowest BCUT2D eigenvalue weighted by atomic mass is 9.89. The number of rotatable bonds is 6. The lowest BCUT2D eigenvalue weighted by molar-refractivity contribution is -0.129. The van der Waals surface area contributed by atoms with Crippen LogP contribution in [0.4, 0.5) is 0 Å². The first-order chi connectivity index (χ1) is 17.3. The predicted molar refractivity (Wildman–Crippen MR) is 133 cm³/mol. The van der Waals surface area contributed by atoms with E-state index in [1.165, 1.54) is 4.90 Å². The van der Waals surface area contributed by atoms with Crippen LogP contribution in [0.15, 0.2) is 53.9 Å². The van der Waals surface area contributed by atoms with Crippen molar-refractivity contribution in [2.24, 2.45) is 0 Å². The summed E-state index contributed by atoms with van der Waals surface area (Å²) in [7, 11) is 5.01. The third-order valence-corrected chi connectivity index (χ3v) is 6.89. The van der Waals surface area contributed by atoms with E-state index in [9.17, 15) is 14.4 Å². The largest absolute Gasteiger partial charge is 0.454 e. The van der Waals surface area contributed by atoms with E-state index in [4.69, 9.17) is 9.47 Å². The molecule has 0 spiro atoms. The Balaban J connectivity index is 1.22. The molecule has 0 unspecified atom stereocenters. The Morgan fingerprint density at radius 2 is 1.44 bits per heavy atom. The highest BCUT2D eigenvalue weighted by molar-refractivity contribution is 6.27. The van der Waals surface area contributed by atoms with Gasteiger partial charge in [0.1, 0.15) is 11.4 Å². The zero-order valence-electron chi connectivity index (χ0n) is 20.8. The fraction of sp³-hybridized carbons (Fsp3) is 0.370. The van der Waals surface area contributed by atoms with E-state index in [-0.39, 0.29) is 42.2 Å². The second kappa shape index (κ2) is 9.75. The van der Waals surface area contributed by atoms with Gasteiger partial charge >= 0.3 is 0 Å². The Kier molecular flexibility index (Phi) is 6.51. The van der Waals surface area contributed by atoms with Crippen molar-refractivity contribution in [1.82, 2.24) is 19.6 Å². The molecule has 2 aromatic rings. The monoisotopic (exact) mass is 490 g/mol. The quantitative estimate of drug-likeness (QED) is 0.607. The number of ketones is 2. The van der Waals surface area contributed by atoms with Gasteiger partial charge in [-0.05, 0) is 17.7 Å². The second-order valence-electron chi connectivity index (χ2n) is 9.49. The van der Waals surface area contributed by atoms with Crippen molar-refractivity contribution in [3.05, 3.63) is 70.5 Å². The molecule has 0 aromatic heterocycles. The number of amides is 1. The number of hydrogen-bond acceptors (Lipinski definition) is 8. The van der Waals surface area contributed by atoms with Gasteiger partial charge in [0.15, 0.2) is 11.5 Å². The molecule has 2 aromatic carbocycles. The number of nitrogens with zero attached hydrogens (tertiary/aromatic N) is 4. The van der Waals surface area contributed by atoms with Gasteiger partial charge in [-0.1, -0.05) is 30.3 Å². The highest BCUT2D eigenvalue weighted by Crippen LogP contribution is 2.33. The summed E-state index contributed by atoms with van der Waals surface area (Å²) in [4.78, 5) is 47.1. The molecule has 0 radical (unpaired) electrons. The molecule has 0 atom stereocenters. The number of hydrogen-bond donors (Lipinski definition) is 0. The highest BCUT2D eigenvalue weighted by Gasteiger charge is 2.37. The predicted octanol–water partition coefficient (Wildman–Crippen LogP) is 1.84. The summed E-state index contributed by atoms with van der Waals surface area (Å²) in [5, 5.41) is 0. The molecule has 1 saturated heterocycles. The molecule has 9 heteroatoms. The normalized spacial score (nSPS) is 17.9. The van der Waals surface area contributed by atoms with Gasteiger partial charge in [-0.25, -0.2) is 0 Å². The minimum atomic E-state index is -0.307. The fourth-order valence-corrected chi connectivity index (χ4v) is 4.90. The zero-order valence-corrected chi connectivity index (χ0v) is 20.8. The Labute approximate surface area is 210 Å². The van der Waals surface area contributed by atoms with E-state index in [0.29, 0.717) is 11.1 Å². The number of benzene rings is 2. The Bertz CT molecular complexity index is 1250. The van der Waals surface area contributed by atoms with Crippen LogP contribution in [0.2, 0.25) is 0 Å². The van der Waals surface area contributed by atoms with Gasteiger partial charge in [-0.15, -0.1) is 0 Å². The van der Waals surface area contributed by atoms with Crippen LogP contribution < -0.4 is 9.47 Å². The minimum absolute atomic E-state index is 0.134. The maximum absolute atomic E-state index is 13.3. The van der Waals surface area contributed by atoms with E-state index >= 15 is 0 Å². The smallest absolute Gasteiger partial charge is 0.241 e. The maximum Gasteiger partial charge on any atom is 0.241 e.